The summed E-state index contributed by atoms with van der Waals surface area (Å²) < 4.78 is 26.9. The van der Waals surface area contributed by atoms with E-state index in [0.29, 0.717) is 38.3 Å². The summed E-state index contributed by atoms with van der Waals surface area (Å²) >= 11 is 0. The van der Waals surface area contributed by atoms with Crippen LogP contribution in [0.15, 0.2) is 18.2 Å². The molecule has 2 rings (SSSR count). The van der Waals surface area contributed by atoms with Crippen molar-refractivity contribution in [3.63, 3.8) is 0 Å². The van der Waals surface area contributed by atoms with Gasteiger partial charge in [0.2, 0.25) is 17.7 Å². The molecule has 42 heavy (non-hydrogen) atoms. The van der Waals surface area contributed by atoms with Crippen molar-refractivity contribution in [1.82, 2.24) is 25.9 Å². The van der Waals surface area contributed by atoms with E-state index in [0.717, 1.165) is 31.4 Å². The van der Waals surface area contributed by atoms with Gasteiger partial charge < -0.3 is 20.4 Å². The Morgan fingerprint density at radius 1 is 1.07 bits per heavy atom. The van der Waals surface area contributed by atoms with Gasteiger partial charge in [-0.15, -0.1) is 0 Å². The monoisotopic (exact) mass is 595 g/mol. The van der Waals surface area contributed by atoms with Crippen molar-refractivity contribution >= 4 is 29.5 Å². The first-order valence-corrected chi connectivity index (χ1v) is 14.5. The minimum atomic E-state index is -1.30. The molecule has 1 aromatic carbocycles. The molecule has 234 valence electrons. The zero-order chi connectivity index (χ0) is 31.4. The second kappa shape index (κ2) is 16.7. The van der Waals surface area contributed by atoms with Gasteiger partial charge in [-0.05, 0) is 43.7 Å². The van der Waals surface area contributed by atoms with Crippen LogP contribution in [0.1, 0.15) is 82.5 Å². The van der Waals surface area contributed by atoms with Gasteiger partial charge in [0.05, 0.1) is 0 Å². The number of rotatable bonds is 15. The number of likely N-dealkylation sites (N-methyl/N-ethyl adjacent to an activating group) is 1. The topological polar surface area (TPSA) is 148 Å². The molecule has 0 aliphatic carbocycles. The predicted octanol–water partition coefficient (Wildman–Crippen LogP) is 2.52. The Hall–Kier alpha value is -3.61. The molecule has 4 atom stereocenters. The van der Waals surface area contributed by atoms with Gasteiger partial charge in [-0.1, -0.05) is 40.0 Å². The van der Waals surface area contributed by atoms with E-state index in [4.69, 9.17) is 0 Å². The molecule has 1 fully saturated rings. The molecular formula is C29H43F2N5O6. The van der Waals surface area contributed by atoms with Gasteiger partial charge in [0, 0.05) is 38.2 Å². The summed E-state index contributed by atoms with van der Waals surface area (Å²) in [6, 6.07) is -0.635. The number of benzene rings is 1. The third-order valence-corrected chi connectivity index (χ3v) is 7.66. The van der Waals surface area contributed by atoms with E-state index in [2.05, 4.69) is 10.6 Å². The van der Waals surface area contributed by atoms with Crippen molar-refractivity contribution in [1.29, 1.82) is 0 Å². The van der Waals surface area contributed by atoms with Gasteiger partial charge in [0.1, 0.15) is 29.8 Å². The van der Waals surface area contributed by atoms with E-state index in [1.54, 1.807) is 11.8 Å². The van der Waals surface area contributed by atoms with E-state index in [1.165, 1.54) is 17.4 Å². The minimum Gasteiger partial charge on any atom is -0.352 e. The quantitative estimate of drug-likeness (QED) is 0.139. The lowest BCUT2D eigenvalue weighted by Crippen LogP contribution is -2.58. The van der Waals surface area contributed by atoms with E-state index in [1.807, 2.05) is 13.8 Å². The second-order valence-electron chi connectivity index (χ2n) is 10.7. The zero-order valence-electron chi connectivity index (χ0n) is 24.8. The maximum absolute atomic E-state index is 13.6. The van der Waals surface area contributed by atoms with Crippen LogP contribution in [-0.2, 0) is 19.2 Å². The van der Waals surface area contributed by atoms with E-state index >= 15 is 0 Å². The second-order valence-corrected chi connectivity index (χ2v) is 10.7. The Morgan fingerprint density at radius 2 is 1.74 bits per heavy atom. The van der Waals surface area contributed by atoms with Crippen molar-refractivity contribution in [2.75, 3.05) is 20.1 Å². The SMILES string of the molecule is CCCCCC(=O)N1CCC[C@H]1C(=O)N(C)[C@H](C(=O)N[C@@H](CCNC(=O)c1cc(F)cc(F)c1)C(=O)NO)C(C)CC. The van der Waals surface area contributed by atoms with E-state index < -0.39 is 47.5 Å². The van der Waals surface area contributed by atoms with Crippen LogP contribution in [0.2, 0.25) is 0 Å². The number of hydrogen-bond acceptors (Lipinski definition) is 6. The number of halogens is 2. The van der Waals surface area contributed by atoms with Gasteiger partial charge in [-0.25, -0.2) is 14.3 Å². The lowest BCUT2D eigenvalue weighted by Gasteiger charge is -2.36. The molecular weight excluding hydrogens is 552 g/mol. The highest BCUT2D eigenvalue weighted by Crippen LogP contribution is 2.24. The number of nitrogens with zero attached hydrogens (tertiary/aromatic N) is 2. The average Bonchev–Trinajstić information content (AvgIpc) is 3.45. The lowest BCUT2D eigenvalue weighted by atomic mass is 9.95. The molecule has 5 amide bonds. The fourth-order valence-corrected chi connectivity index (χ4v) is 5.12. The summed E-state index contributed by atoms with van der Waals surface area (Å²) in [6.07, 6.45) is 4.52. The summed E-state index contributed by atoms with van der Waals surface area (Å²) in [7, 11) is 1.50. The fraction of sp³-hybridized carbons (Fsp3) is 0.621. The van der Waals surface area contributed by atoms with Crippen LogP contribution in [0.25, 0.3) is 0 Å². The summed E-state index contributed by atoms with van der Waals surface area (Å²) in [4.78, 5) is 67.5. The van der Waals surface area contributed by atoms with Gasteiger partial charge in [-0.2, -0.15) is 0 Å². The summed E-state index contributed by atoms with van der Waals surface area (Å²) in [5.41, 5.74) is 1.22. The van der Waals surface area contributed by atoms with Crippen molar-refractivity contribution in [3.05, 3.63) is 35.4 Å². The highest BCUT2D eigenvalue weighted by molar-refractivity contribution is 5.95. The molecule has 1 unspecified atom stereocenters. The standard InChI is InChI=1S/C29H43F2N5O6/c1-5-7-8-11-24(37)36-14-9-10-23(36)29(41)35(4)25(18(3)6-2)28(40)33-22(27(39)34-42)12-13-32-26(38)19-15-20(30)17-21(31)16-19/h15-18,22-23,25,42H,5-14H2,1-4H3,(H,32,38)(H,33,40)(H,34,39)/t18?,22-,23-,25-/m0/s1. The summed E-state index contributed by atoms with van der Waals surface area (Å²) in [5, 5.41) is 14.2. The van der Waals surface area contributed by atoms with Gasteiger partial charge in [-0.3, -0.25) is 29.2 Å². The molecule has 0 saturated carbocycles. The Morgan fingerprint density at radius 3 is 2.33 bits per heavy atom. The third kappa shape index (κ3) is 9.47. The summed E-state index contributed by atoms with van der Waals surface area (Å²) in [5.74, 6) is -5.03. The van der Waals surface area contributed by atoms with E-state index in [9.17, 15) is 38.0 Å². The highest BCUT2D eigenvalue weighted by atomic mass is 19.1. The van der Waals surface area contributed by atoms with Crippen molar-refractivity contribution in [2.45, 2.75) is 90.3 Å². The van der Waals surface area contributed by atoms with Gasteiger partial charge in [0.15, 0.2) is 0 Å². The largest absolute Gasteiger partial charge is 0.352 e. The van der Waals surface area contributed by atoms with Crippen LogP contribution in [0.5, 0.6) is 0 Å². The Labute approximate surface area is 245 Å². The predicted molar refractivity (Wildman–Crippen MR) is 150 cm³/mol. The number of hydrogen-bond donors (Lipinski definition) is 4. The molecule has 0 spiro atoms. The molecule has 13 heteroatoms. The zero-order valence-corrected chi connectivity index (χ0v) is 24.8. The molecule has 1 saturated heterocycles. The summed E-state index contributed by atoms with van der Waals surface area (Å²) in [6.45, 7) is 5.97. The number of amides is 5. The highest BCUT2D eigenvalue weighted by Gasteiger charge is 2.40. The van der Waals surface area contributed by atoms with Gasteiger partial charge in [0.25, 0.3) is 11.8 Å². The number of carbonyl (C=O) groups excluding carboxylic acids is 5. The lowest BCUT2D eigenvalue weighted by molar-refractivity contribution is -0.148. The number of hydroxylamine groups is 1. The number of likely N-dealkylation sites (tertiary alicyclic amines) is 1. The molecule has 0 bridgehead atoms. The molecule has 1 heterocycles. The molecule has 1 aliphatic rings. The first-order chi connectivity index (χ1) is 19.9. The minimum absolute atomic E-state index is 0.0834. The Balaban J connectivity index is 2.11. The normalized spacial score (nSPS) is 16.7. The van der Waals surface area contributed by atoms with Crippen LogP contribution in [0, 0.1) is 17.6 Å². The van der Waals surface area contributed by atoms with Gasteiger partial charge >= 0.3 is 0 Å². The van der Waals surface area contributed by atoms with Crippen molar-refractivity contribution < 1.29 is 38.0 Å². The smallest absolute Gasteiger partial charge is 0.265 e. The maximum atomic E-state index is 13.6. The van der Waals surface area contributed by atoms with Crippen LogP contribution in [-0.4, -0.2) is 82.8 Å². The molecule has 4 N–H and O–H groups in total. The molecule has 1 aromatic rings. The fourth-order valence-electron chi connectivity index (χ4n) is 5.12. The molecule has 0 aromatic heterocycles. The van der Waals surface area contributed by atoms with E-state index in [-0.39, 0.29) is 36.3 Å². The number of carbonyl (C=O) groups is 5. The van der Waals surface area contributed by atoms with Crippen LogP contribution in [0.4, 0.5) is 8.78 Å². The van der Waals surface area contributed by atoms with Crippen LogP contribution < -0.4 is 16.1 Å². The van der Waals surface area contributed by atoms with Crippen LogP contribution >= 0.6 is 0 Å². The maximum Gasteiger partial charge on any atom is 0.265 e. The van der Waals surface area contributed by atoms with Crippen molar-refractivity contribution in [2.24, 2.45) is 5.92 Å². The van der Waals surface area contributed by atoms with Crippen LogP contribution in [0.3, 0.4) is 0 Å². The molecule has 0 radical (unpaired) electrons. The Kier molecular flexibility index (Phi) is 13.8. The third-order valence-electron chi connectivity index (χ3n) is 7.66. The molecule has 11 nitrogen and oxygen atoms in total. The average molecular weight is 596 g/mol. The van der Waals surface area contributed by atoms with Crippen molar-refractivity contribution in [3.8, 4) is 0 Å². The molecule has 1 aliphatic heterocycles. The number of nitrogens with one attached hydrogen (secondary N) is 3. The first-order valence-electron chi connectivity index (χ1n) is 14.5. The Bertz CT molecular complexity index is 1100. The number of unbranched alkanes of at least 4 members (excludes halogenated alkanes) is 2. The first kappa shape index (κ1) is 34.6.